The van der Waals surface area contributed by atoms with Gasteiger partial charge in [-0.15, -0.1) is 0 Å². The maximum absolute atomic E-state index is 11.9. The number of nitrogens with zero attached hydrogens (tertiary/aromatic N) is 1. The molecule has 0 fully saturated rings. The number of rotatable bonds is 5. The molecule has 2 heterocycles. The third-order valence-corrected chi connectivity index (χ3v) is 3.19. The van der Waals surface area contributed by atoms with Crippen molar-refractivity contribution in [2.24, 2.45) is 0 Å². The number of fused-ring (bicyclic) bond motifs is 1. The van der Waals surface area contributed by atoms with Crippen LogP contribution < -0.4 is 20.1 Å². The van der Waals surface area contributed by atoms with Gasteiger partial charge in [0.05, 0.1) is 0 Å². The minimum Gasteiger partial charge on any atom is -0.454 e. The van der Waals surface area contributed by atoms with Crippen molar-refractivity contribution < 1.29 is 19.1 Å². The van der Waals surface area contributed by atoms with Crippen LogP contribution in [0, 0.1) is 0 Å². The van der Waals surface area contributed by atoms with E-state index in [4.69, 9.17) is 9.47 Å². The standard InChI is InChI=1S/C16H15N3O4/c20-15(18-9-11-2-1-5-17-8-11)7-16(21)19-12-3-4-13-14(6-12)23-10-22-13/h1-6,8H,7,9-10H2,(H,18,20)(H,19,21). The summed E-state index contributed by atoms with van der Waals surface area (Å²) in [6.45, 7) is 0.507. The molecule has 1 aromatic carbocycles. The van der Waals surface area contributed by atoms with E-state index >= 15 is 0 Å². The SMILES string of the molecule is O=C(CC(=O)Nc1ccc2c(c1)OCO2)NCc1cccnc1. The van der Waals surface area contributed by atoms with Crippen molar-refractivity contribution in [1.29, 1.82) is 0 Å². The van der Waals surface area contributed by atoms with E-state index in [-0.39, 0.29) is 19.1 Å². The van der Waals surface area contributed by atoms with Gasteiger partial charge in [-0.1, -0.05) is 6.07 Å². The third kappa shape index (κ3) is 3.97. The molecule has 118 valence electrons. The maximum atomic E-state index is 11.9. The number of carbonyl (C=O) groups is 2. The van der Waals surface area contributed by atoms with Gasteiger partial charge < -0.3 is 20.1 Å². The van der Waals surface area contributed by atoms with Crippen LogP contribution in [0.15, 0.2) is 42.7 Å². The Morgan fingerprint density at radius 2 is 2.00 bits per heavy atom. The number of ether oxygens (including phenoxy) is 2. The van der Waals surface area contributed by atoms with Crippen molar-refractivity contribution in [1.82, 2.24) is 10.3 Å². The molecule has 0 unspecified atom stereocenters. The lowest BCUT2D eigenvalue weighted by molar-refractivity contribution is -0.126. The zero-order chi connectivity index (χ0) is 16.1. The maximum Gasteiger partial charge on any atom is 0.233 e. The molecular formula is C16H15N3O4. The number of pyridine rings is 1. The zero-order valence-electron chi connectivity index (χ0n) is 12.2. The van der Waals surface area contributed by atoms with Gasteiger partial charge in [0.15, 0.2) is 11.5 Å². The van der Waals surface area contributed by atoms with Crippen molar-refractivity contribution in [3.63, 3.8) is 0 Å². The first kappa shape index (κ1) is 14.8. The average Bonchev–Trinajstić information content (AvgIpc) is 3.01. The first-order valence-electron chi connectivity index (χ1n) is 7.06. The van der Waals surface area contributed by atoms with E-state index in [1.807, 2.05) is 6.07 Å². The van der Waals surface area contributed by atoms with E-state index in [0.29, 0.717) is 23.7 Å². The monoisotopic (exact) mass is 313 g/mol. The van der Waals surface area contributed by atoms with Crippen molar-refractivity contribution in [2.45, 2.75) is 13.0 Å². The normalized spacial score (nSPS) is 11.8. The summed E-state index contributed by atoms with van der Waals surface area (Å²) in [6, 6.07) is 8.70. The highest BCUT2D eigenvalue weighted by Gasteiger charge is 2.15. The smallest absolute Gasteiger partial charge is 0.233 e. The molecule has 0 saturated carbocycles. The van der Waals surface area contributed by atoms with E-state index in [0.717, 1.165) is 5.56 Å². The first-order chi connectivity index (χ1) is 11.2. The van der Waals surface area contributed by atoms with E-state index in [1.165, 1.54) is 0 Å². The van der Waals surface area contributed by atoms with Crippen LogP contribution >= 0.6 is 0 Å². The topological polar surface area (TPSA) is 89.6 Å². The molecule has 7 nitrogen and oxygen atoms in total. The van der Waals surface area contributed by atoms with Gasteiger partial charge in [-0.25, -0.2) is 0 Å². The Balaban J connectivity index is 1.48. The van der Waals surface area contributed by atoms with Crippen LogP contribution in [0.2, 0.25) is 0 Å². The van der Waals surface area contributed by atoms with Gasteiger partial charge in [-0.05, 0) is 23.8 Å². The minimum absolute atomic E-state index is 0.170. The van der Waals surface area contributed by atoms with Gasteiger partial charge in [0.2, 0.25) is 18.6 Å². The predicted octanol–water partition coefficient (Wildman–Crippen LogP) is 1.46. The number of carbonyl (C=O) groups excluding carboxylic acids is 2. The summed E-state index contributed by atoms with van der Waals surface area (Å²) in [5.74, 6) is 0.459. The van der Waals surface area contributed by atoms with E-state index < -0.39 is 5.91 Å². The highest BCUT2D eigenvalue weighted by atomic mass is 16.7. The molecule has 0 radical (unpaired) electrons. The van der Waals surface area contributed by atoms with E-state index in [9.17, 15) is 9.59 Å². The fraction of sp³-hybridized carbons (Fsp3) is 0.188. The molecule has 2 aromatic rings. The summed E-state index contributed by atoms with van der Waals surface area (Å²) >= 11 is 0. The van der Waals surface area contributed by atoms with Crippen molar-refractivity contribution in [3.8, 4) is 11.5 Å². The Hall–Kier alpha value is -3.09. The van der Waals surface area contributed by atoms with Crippen LogP contribution in [0.25, 0.3) is 0 Å². The molecular weight excluding hydrogens is 298 g/mol. The van der Waals surface area contributed by atoms with Gasteiger partial charge in [-0.3, -0.25) is 14.6 Å². The second kappa shape index (κ2) is 6.78. The highest BCUT2D eigenvalue weighted by molar-refractivity contribution is 6.03. The van der Waals surface area contributed by atoms with Gasteiger partial charge in [0.25, 0.3) is 0 Å². The summed E-state index contributed by atoms with van der Waals surface area (Å²) < 4.78 is 10.4. The molecule has 0 bridgehead atoms. The Bertz CT molecular complexity index is 719. The number of anilines is 1. The molecule has 1 aliphatic heterocycles. The zero-order valence-corrected chi connectivity index (χ0v) is 12.2. The van der Waals surface area contributed by atoms with Crippen LogP contribution in [0.5, 0.6) is 11.5 Å². The molecule has 3 rings (SSSR count). The number of hydrogen-bond acceptors (Lipinski definition) is 5. The molecule has 1 aliphatic rings. The van der Waals surface area contributed by atoms with Crippen LogP contribution in [0.3, 0.4) is 0 Å². The molecule has 2 amide bonds. The first-order valence-corrected chi connectivity index (χ1v) is 7.06. The fourth-order valence-corrected chi connectivity index (χ4v) is 2.09. The van der Waals surface area contributed by atoms with E-state index in [1.54, 1.807) is 36.7 Å². The number of nitrogens with one attached hydrogen (secondary N) is 2. The predicted molar refractivity (Wildman–Crippen MR) is 81.9 cm³/mol. The molecule has 2 N–H and O–H groups in total. The number of benzene rings is 1. The molecule has 0 aliphatic carbocycles. The molecule has 23 heavy (non-hydrogen) atoms. The molecule has 0 spiro atoms. The molecule has 7 heteroatoms. The lowest BCUT2D eigenvalue weighted by Crippen LogP contribution is -2.27. The van der Waals surface area contributed by atoms with E-state index in [2.05, 4.69) is 15.6 Å². The van der Waals surface area contributed by atoms with Crippen molar-refractivity contribution >= 4 is 17.5 Å². The second-order valence-corrected chi connectivity index (χ2v) is 4.93. The average molecular weight is 313 g/mol. The van der Waals surface area contributed by atoms with Crippen LogP contribution in [-0.4, -0.2) is 23.6 Å². The van der Waals surface area contributed by atoms with Gasteiger partial charge >= 0.3 is 0 Å². The summed E-state index contributed by atoms with van der Waals surface area (Å²) in [7, 11) is 0. The Kier molecular flexibility index (Phi) is 4.37. The Labute approximate surface area is 132 Å². The largest absolute Gasteiger partial charge is 0.454 e. The Morgan fingerprint density at radius 1 is 1.13 bits per heavy atom. The second-order valence-electron chi connectivity index (χ2n) is 4.93. The summed E-state index contributed by atoms with van der Waals surface area (Å²) in [5, 5.41) is 5.33. The lowest BCUT2D eigenvalue weighted by atomic mass is 10.2. The summed E-state index contributed by atoms with van der Waals surface area (Å²) in [5.41, 5.74) is 1.43. The summed E-state index contributed by atoms with van der Waals surface area (Å²) in [6.07, 6.45) is 3.06. The lowest BCUT2D eigenvalue weighted by Gasteiger charge is -2.07. The molecule has 1 aromatic heterocycles. The number of amides is 2. The van der Waals surface area contributed by atoms with Crippen LogP contribution in [-0.2, 0) is 16.1 Å². The van der Waals surface area contributed by atoms with Crippen LogP contribution in [0.4, 0.5) is 5.69 Å². The number of aromatic nitrogens is 1. The van der Waals surface area contributed by atoms with Crippen LogP contribution in [0.1, 0.15) is 12.0 Å². The molecule has 0 saturated heterocycles. The summed E-state index contributed by atoms with van der Waals surface area (Å²) in [4.78, 5) is 27.6. The minimum atomic E-state index is -0.396. The van der Waals surface area contributed by atoms with Gasteiger partial charge in [0.1, 0.15) is 6.42 Å². The highest BCUT2D eigenvalue weighted by Crippen LogP contribution is 2.34. The van der Waals surface area contributed by atoms with Gasteiger partial charge in [-0.2, -0.15) is 0 Å². The van der Waals surface area contributed by atoms with Gasteiger partial charge in [0, 0.05) is 30.7 Å². The van der Waals surface area contributed by atoms with Crippen molar-refractivity contribution in [3.05, 3.63) is 48.3 Å². The quantitative estimate of drug-likeness (QED) is 0.816. The molecule has 0 atom stereocenters. The van der Waals surface area contributed by atoms with Crippen molar-refractivity contribution in [2.75, 3.05) is 12.1 Å². The fourth-order valence-electron chi connectivity index (χ4n) is 2.09. The Morgan fingerprint density at radius 3 is 2.83 bits per heavy atom. The number of hydrogen-bond donors (Lipinski definition) is 2. The third-order valence-electron chi connectivity index (χ3n) is 3.19.